The average Bonchev–Trinajstić information content (AvgIpc) is 2.26. The second-order valence-electron chi connectivity index (χ2n) is 4.30. The number of carboxylic acids is 1. The van der Waals surface area contributed by atoms with Crippen molar-refractivity contribution < 1.29 is 14.7 Å². The summed E-state index contributed by atoms with van der Waals surface area (Å²) in [5.41, 5.74) is 10.4. The zero-order chi connectivity index (χ0) is 13.7. The largest absolute Gasteiger partial charge is 0.480 e. The van der Waals surface area contributed by atoms with Crippen molar-refractivity contribution in [1.82, 2.24) is 10.2 Å². The van der Waals surface area contributed by atoms with Crippen LogP contribution in [0.25, 0.3) is 0 Å². The summed E-state index contributed by atoms with van der Waals surface area (Å²) in [4.78, 5) is 28.1. The van der Waals surface area contributed by atoms with Crippen LogP contribution in [0.15, 0.2) is 4.99 Å². The molecule has 1 heterocycles. The lowest BCUT2D eigenvalue weighted by molar-refractivity contribution is -0.146. The van der Waals surface area contributed by atoms with Crippen LogP contribution < -0.4 is 16.8 Å². The highest BCUT2D eigenvalue weighted by atomic mass is 16.4. The molecule has 1 aliphatic heterocycles. The van der Waals surface area contributed by atoms with Gasteiger partial charge < -0.3 is 21.9 Å². The molecular formula is C10H19N5O3. The molecule has 1 saturated heterocycles. The van der Waals surface area contributed by atoms with E-state index in [1.54, 1.807) is 11.9 Å². The van der Waals surface area contributed by atoms with Crippen LogP contribution in [0.5, 0.6) is 0 Å². The molecule has 1 amide bonds. The van der Waals surface area contributed by atoms with Crippen LogP contribution in [0.4, 0.5) is 0 Å². The third-order valence-corrected chi connectivity index (χ3v) is 2.85. The molecule has 1 fully saturated rings. The van der Waals surface area contributed by atoms with E-state index in [2.05, 4.69) is 10.3 Å². The van der Waals surface area contributed by atoms with Gasteiger partial charge in [0.2, 0.25) is 5.91 Å². The third-order valence-electron chi connectivity index (χ3n) is 2.85. The van der Waals surface area contributed by atoms with E-state index < -0.39 is 12.0 Å². The molecule has 0 radical (unpaired) electrons. The summed E-state index contributed by atoms with van der Waals surface area (Å²) in [7, 11) is 1.74. The van der Waals surface area contributed by atoms with E-state index in [4.69, 9.17) is 16.6 Å². The third kappa shape index (κ3) is 3.88. The van der Waals surface area contributed by atoms with Crippen molar-refractivity contribution in [3.63, 3.8) is 0 Å². The number of nitrogens with zero attached hydrogens (tertiary/aromatic N) is 2. The molecule has 0 aromatic heterocycles. The number of likely N-dealkylation sites (N-methyl/N-ethyl adjacent to an activating group) is 1. The second kappa shape index (κ2) is 6.20. The molecule has 0 unspecified atom stereocenters. The van der Waals surface area contributed by atoms with Crippen LogP contribution in [-0.4, -0.2) is 60.1 Å². The predicted molar refractivity (Wildman–Crippen MR) is 65.9 cm³/mol. The summed E-state index contributed by atoms with van der Waals surface area (Å²) in [6, 6.07) is -1.16. The van der Waals surface area contributed by atoms with E-state index in [-0.39, 0.29) is 17.9 Å². The van der Waals surface area contributed by atoms with E-state index in [1.807, 2.05) is 0 Å². The minimum absolute atomic E-state index is 0.0300. The van der Waals surface area contributed by atoms with Gasteiger partial charge in [0.1, 0.15) is 6.04 Å². The molecule has 8 heteroatoms. The maximum atomic E-state index is 11.7. The molecule has 0 bridgehead atoms. The second-order valence-corrected chi connectivity index (χ2v) is 4.30. The Morgan fingerprint density at radius 3 is 2.78 bits per heavy atom. The fourth-order valence-corrected chi connectivity index (χ4v) is 1.91. The number of piperazine rings is 1. The molecule has 6 N–H and O–H groups in total. The zero-order valence-electron chi connectivity index (χ0n) is 10.3. The Bertz CT molecular complexity index is 353. The summed E-state index contributed by atoms with van der Waals surface area (Å²) in [5.74, 6) is -1.25. The van der Waals surface area contributed by atoms with Crippen LogP contribution >= 0.6 is 0 Å². The van der Waals surface area contributed by atoms with Gasteiger partial charge in [-0.05, 0) is 19.9 Å². The molecule has 102 valence electrons. The fraction of sp³-hybridized carbons (Fsp3) is 0.700. The van der Waals surface area contributed by atoms with Crippen LogP contribution in [0.2, 0.25) is 0 Å². The van der Waals surface area contributed by atoms with Crippen LogP contribution in [0, 0.1) is 0 Å². The minimum atomic E-state index is -1.02. The zero-order valence-corrected chi connectivity index (χ0v) is 10.3. The Kier molecular flexibility index (Phi) is 4.90. The SMILES string of the molecule is CN1C[C@H](C(=O)O)NC(=O)[C@@H]1CCCN=C(N)N. The van der Waals surface area contributed by atoms with Crippen LogP contribution in [0.1, 0.15) is 12.8 Å². The number of nitrogens with one attached hydrogen (secondary N) is 1. The van der Waals surface area contributed by atoms with Gasteiger partial charge in [0.25, 0.3) is 0 Å². The number of rotatable bonds is 5. The summed E-state index contributed by atoms with van der Waals surface area (Å²) >= 11 is 0. The van der Waals surface area contributed by atoms with Crippen molar-refractivity contribution in [3.05, 3.63) is 0 Å². The van der Waals surface area contributed by atoms with Gasteiger partial charge in [0.05, 0.1) is 6.04 Å². The quantitative estimate of drug-likeness (QED) is 0.254. The van der Waals surface area contributed by atoms with Crippen LogP contribution in [0.3, 0.4) is 0 Å². The summed E-state index contributed by atoms with van der Waals surface area (Å²) in [6.07, 6.45) is 1.25. The molecule has 1 aliphatic rings. The molecule has 0 spiro atoms. The normalized spacial score (nSPS) is 24.4. The standard InChI is InChI=1S/C10H19N5O3/c1-15-5-6(9(17)18)14-8(16)7(15)3-2-4-13-10(11)12/h6-7H,2-5H2,1H3,(H,14,16)(H,17,18)(H4,11,12,13)/t6-,7+/m1/s1. The number of guanidine groups is 1. The van der Waals surface area contributed by atoms with Crippen molar-refractivity contribution in [2.75, 3.05) is 20.1 Å². The Balaban J connectivity index is 2.45. The first-order valence-corrected chi connectivity index (χ1v) is 5.70. The smallest absolute Gasteiger partial charge is 0.327 e. The molecule has 0 aromatic rings. The van der Waals surface area contributed by atoms with Gasteiger partial charge in [0.15, 0.2) is 5.96 Å². The van der Waals surface area contributed by atoms with Crippen LogP contribution in [-0.2, 0) is 9.59 Å². The van der Waals surface area contributed by atoms with Crippen molar-refractivity contribution in [3.8, 4) is 0 Å². The number of carbonyl (C=O) groups excluding carboxylic acids is 1. The number of aliphatic imine (C=N–C) groups is 1. The molecule has 0 aliphatic carbocycles. The lowest BCUT2D eigenvalue weighted by Gasteiger charge is -2.35. The number of hydrogen-bond acceptors (Lipinski definition) is 4. The van der Waals surface area contributed by atoms with E-state index in [9.17, 15) is 9.59 Å². The highest BCUT2D eigenvalue weighted by Crippen LogP contribution is 2.11. The van der Waals surface area contributed by atoms with E-state index in [1.165, 1.54) is 0 Å². The number of nitrogens with two attached hydrogens (primary N) is 2. The lowest BCUT2D eigenvalue weighted by atomic mass is 10.0. The maximum absolute atomic E-state index is 11.7. The number of amides is 1. The molecule has 2 atom stereocenters. The van der Waals surface area contributed by atoms with Gasteiger partial charge in [-0.1, -0.05) is 0 Å². The Hall–Kier alpha value is -1.83. The molecule has 0 saturated carbocycles. The maximum Gasteiger partial charge on any atom is 0.327 e. The topological polar surface area (TPSA) is 134 Å². The first-order valence-electron chi connectivity index (χ1n) is 5.70. The Morgan fingerprint density at radius 2 is 2.28 bits per heavy atom. The van der Waals surface area contributed by atoms with E-state index in [0.29, 0.717) is 25.9 Å². The first-order chi connectivity index (χ1) is 8.41. The number of carbonyl (C=O) groups is 2. The summed E-state index contributed by atoms with van der Waals surface area (Å²) in [5, 5.41) is 11.3. The van der Waals surface area contributed by atoms with Gasteiger partial charge in [-0.25, -0.2) is 4.79 Å². The number of hydrogen-bond donors (Lipinski definition) is 4. The van der Waals surface area contributed by atoms with Gasteiger partial charge in [-0.2, -0.15) is 0 Å². The minimum Gasteiger partial charge on any atom is -0.480 e. The van der Waals surface area contributed by atoms with Gasteiger partial charge >= 0.3 is 5.97 Å². The first kappa shape index (κ1) is 14.2. The lowest BCUT2D eigenvalue weighted by Crippen LogP contribution is -2.61. The summed E-state index contributed by atoms with van der Waals surface area (Å²) in [6.45, 7) is 0.760. The predicted octanol–water partition coefficient (Wildman–Crippen LogP) is -2.08. The van der Waals surface area contributed by atoms with E-state index in [0.717, 1.165) is 0 Å². The van der Waals surface area contributed by atoms with Crippen molar-refractivity contribution in [1.29, 1.82) is 0 Å². The highest BCUT2D eigenvalue weighted by molar-refractivity contribution is 5.88. The van der Waals surface area contributed by atoms with Gasteiger partial charge in [0, 0.05) is 13.1 Å². The fourth-order valence-electron chi connectivity index (χ4n) is 1.91. The average molecular weight is 257 g/mol. The molecular weight excluding hydrogens is 238 g/mol. The van der Waals surface area contributed by atoms with Gasteiger partial charge in [-0.3, -0.25) is 14.7 Å². The summed E-state index contributed by atoms with van der Waals surface area (Å²) < 4.78 is 0. The Morgan fingerprint density at radius 1 is 1.61 bits per heavy atom. The highest BCUT2D eigenvalue weighted by Gasteiger charge is 2.34. The van der Waals surface area contributed by atoms with Crippen molar-refractivity contribution >= 4 is 17.8 Å². The van der Waals surface area contributed by atoms with Crippen molar-refractivity contribution in [2.24, 2.45) is 16.5 Å². The van der Waals surface area contributed by atoms with Crippen molar-refractivity contribution in [2.45, 2.75) is 24.9 Å². The Labute approximate surface area is 105 Å². The van der Waals surface area contributed by atoms with E-state index >= 15 is 0 Å². The molecule has 18 heavy (non-hydrogen) atoms. The molecule has 8 nitrogen and oxygen atoms in total. The monoisotopic (exact) mass is 257 g/mol. The van der Waals surface area contributed by atoms with Gasteiger partial charge in [-0.15, -0.1) is 0 Å². The molecule has 0 aromatic carbocycles. The number of carboxylic acid groups (broad SMARTS) is 1. The molecule has 1 rings (SSSR count). The number of aliphatic carboxylic acids is 1.